The second-order valence-corrected chi connectivity index (χ2v) is 5.04. The summed E-state index contributed by atoms with van der Waals surface area (Å²) in [5.41, 5.74) is 0.294. The van der Waals surface area contributed by atoms with Gasteiger partial charge in [0.2, 0.25) is 0 Å². The molecule has 1 aromatic rings. The molecule has 0 bridgehead atoms. The van der Waals surface area contributed by atoms with Crippen molar-refractivity contribution in [3.63, 3.8) is 0 Å². The van der Waals surface area contributed by atoms with Gasteiger partial charge in [-0.15, -0.1) is 0 Å². The number of carboxylic acids is 1. The number of hydrogen-bond acceptors (Lipinski definition) is 5. The number of nitrogens with one attached hydrogen (secondary N) is 1. The van der Waals surface area contributed by atoms with Gasteiger partial charge in [-0.2, -0.15) is 0 Å². The first kappa shape index (κ1) is 16.8. The Kier molecular flexibility index (Phi) is 6.02. The van der Waals surface area contributed by atoms with Gasteiger partial charge in [-0.05, 0) is 30.5 Å². The smallest absolute Gasteiger partial charge is 0.251 e. The fourth-order valence-electron chi connectivity index (χ4n) is 1.90. The standard InChI is InChI=1S/C15H21NO5/c1-9(2)7-11(15(18)19)16-14(17)10-5-6-12(20-3)13(8-10)21-4/h5-6,8-9,11H,7H2,1-4H3,(H,16,17)(H,18,19)/p-1/t11-/m0/s1. The van der Waals surface area contributed by atoms with Gasteiger partial charge in [-0.3, -0.25) is 4.79 Å². The van der Waals surface area contributed by atoms with E-state index < -0.39 is 17.9 Å². The Balaban J connectivity index is 2.89. The average molecular weight is 294 g/mol. The topological polar surface area (TPSA) is 87.7 Å². The molecule has 1 rings (SSSR count). The van der Waals surface area contributed by atoms with Crippen molar-refractivity contribution in [1.29, 1.82) is 0 Å². The molecule has 6 nitrogen and oxygen atoms in total. The van der Waals surface area contributed by atoms with E-state index in [0.717, 1.165) is 0 Å². The van der Waals surface area contributed by atoms with E-state index in [9.17, 15) is 14.7 Å². The van der Waals surface area contributed by atoms with Crippen molar-refractivity contribution in [3.05, 3.63) is 23.8 Å². The maximum atomic E-state index is 12.1. The predicted molar refractivity (Wildman–Crippen MR) is 75.3 cm³/mol. The third kappa shape index (κ3) is 4.66. The van der Waals surface area contributed by atoms with Gasteiger partial charge in [0.15, 0.2) is 11.5 Å². The zero-order valence-corrected chi connectivity index (χ0v) is 12.6. The van der Waals surface area contributed by atoms with Crippen molar-refractivity contribution in [1.82, 2.24) is 5.32 Å². The monoisotopic (exact) mass is 294 g/mol. The molecular weight excluding hydrogens is 274 g/mol. The van der Waals surface area contributed by atoms with Crippen LogP contribution in [0.1, 0.15) is 30.6 Å². The number of aliphatic carboxylic acids is 1. The van der Waals surface area contributed by atoms with Crippen LogP contribution >= 0.6 is 0 Å². The zero-order valence-electron chi connectivity index (χ0n) is 12.6. The highest BCUT2D eigenvalue weighted by Crippen LogP contribution is 2.27. The Hall–Kier alpha value is -2.24. The van der Waals surface area contributed by atoms with Crippen LogP contribution in [0.15, 0.2) is 18.2 Å². The van der Waals surface area contributed by atoms with Crippen LogP contribution in [0, 0.1) is 5.92 Å². The summed E-state index contributed by atoms with van der Waals surface area (Å²) in [6.07, 6.45) is 0.307. The summed E-state index contributed by atoms with van der Waals surface area (Å²) in [5.74, 6) is -0.770. The van der Waals surface area contributed by atoms with Crippen molar-refractivity contribution in [2.45, 2.75) is 26.3 Å². The lowest BCUT2D eigenvalue weighted by atomic mass is 10.0. The highest BCUT2D eigenvalue weighted by atomic mass is 16.5. The molecule has 0 heterocycles. The van der Waals surface area contributed by atoms with Gasteiger partial charge in [0.25, 0.3) is 5.91 Å². The molecular formula is C15H20NO5-. The fraction of sp³-hybridized carbons (Fsp3) is 0.467. The van der Waals surface area contributed by atoms with Gasteiger partial charge >= 0.3 is 0 Å². The lowest BCUT2D eigenvalue weighted by Crippen LogP contribution is -2.48. The van der Waals surface area contributed by atoms with Crippen LogP contribution in [0.4, 0.5) is 0 Å². The molecule has 1 N–H and O–H groups in total. The number of hydrogen-bond donors (Lipinski definition) is 1. The summed E-state index contributed by atoms with van der Waals surface area (Å²) < 4.78 is 10.2. The quantitative estimate of drug-likeness (QED) is 0.795. The number of carbonyl (C=O) groups excluding carboxylic acids is 2. The number of rotatable bonds is 7. The maximum absolute atomic E-state index is 12.1. The van der Waals surface area contributed by atoms with Gasteiger partial charge in [0.1, 0.15) is 0 Å². The molecule has 0 aliphatic heterocycles. The molecule has 0 saturated heterocycles. The first-order valence-corrected chi connectivity index (χ1v) is 6.62. The minimum absolute atomic E-state index is 0.124. The summed E-state index contributed by atoms with van der Waals surface area (Å²) in [6, 6.07) is 3.60. The van der Waals surface area contributed by atoms with Gasteiger partial charge in [0.05, 0.1) is 26.2 Å². The van der Waals surface area contributed by atoms with Gasteiger partial charge in [0, 0.05) is 5.56 Å². The fourth-order valence-corrected chi connectivity index (χ4v) is 1.90. The SMILES string of the molecule is COc1ccc(C(=O)N[C@@H](CC(C)C)C(=O)[O-])cc1OC. The van der Waals surface area contributed by atoms with Gasteiger partial charge in [-0.25, -0.2) is 0 Å². The largest absolute Gasteiger partial charge is 0.548 e. The van der Waals surface area contributed by atoms with Crippen molar-refractivity contribution in [2.75, 3.05) is 14.2 Å². The maximum Gasteiger partial charge on any atom is 0.251 e. The number of carbonyl (C=O) groups is 2. The third-order valence-corrected chi connectivity index (χ3v) is 2.94. The van der Waals surface area contributed by atoms with Crippen molar-refractivity contribution < 1.29 is 24.2 Å². The van der Waals surface area contributed by atoms with Crippen LogP contribution in [-0.2, 0) is 4.79 Å². The van der Waals surface area contributed by atoms with Gasteiger partial charge in [-0.1, -0.05) is 13.8 Å². The molecule has 116 valence electrons. The van der Waals surface area contributed by atoms with Crippen LogP contribution in [0.3, 0.4) is 0 Å². The Morgan fingerprint density at radius 2 is 1.81 bits per heavy atom. The Bertz CT molecular complexity index is 513. The number of benzene rings is 1. The number of carboxylic acid groups (broad SMARTS) is 1. The van der Waals surface area contributed by atoms with Crippen molar-refractivity contribution in [2.24, 2.45) is 5.92 Å². The summed E-state index contributed by atoms with van der Waals surface area (Å²) in [5, 5.41) is 13.5. The molecule has 0 aromatic heterocycles. The van der Waals surface area contributed by atoms with E-state index in [1.807, 2.05) is 13.8 Å². The summed E-state index contributed by atoms with van der Waals surface area (Å²) >= 11 is 0. The summed E-state index contributed by atoms with van der Waals surface area (Å²) in [4.78, 5) is 23.2. The van der Waals surface area contributed by atoms with Crippen LogP contribution in [0.25, 0.3) is 0 Å². The molecule has 0 unspecified atom stereocenters. The lowest BCUT2D eigenvalue weighted by molar-refractivity contribution is -0.308. The van der Waals surface area contributed by atoms with E-state index in [4.69, 9.17) is 9.47 Å². The van der Waals surface area contributed by atoms with E-state index in [0.29, 0.717) is 23.5 Å². The van der Waals surface area contributed by atoms with Crippen molar-refractivity contribution in [3.8, 4) is 11.5 Å². The normalized spacial score (nSPS) is 11.9. The van der Waals surface area contributed by atoms with Crippen LogP contribution < -0.4 is 19.9 Å². The Morgan fingerprint density at radius 3 is 2.29 bits per heavy atom. The van der Waals surface area contributed by atoms with Crippen molar-refractivity contribution >= 4 is 11.9 Å². The highest BCUT2D eigenvalue weighted by Gasteiger charge is 2.17. The van der Waals surface area contributed by atoms with E-state index in [1.54, 1.807) is 12.1 Å². The molecule has 21 heavy (non-hydrogen) atoms. The highest BCUT2D eigenvalue weighted by molar-refractivity contribution is 5.97. The molecule has 0 radical (unpaired) electrons. The molecule has 1 aromatic carbocycles. The van der Waals surface area contributed by atoms with E-state index in [-0.39, 0.29) is 5.92 Å². The van der Waals surface area contributed by atoms with E-state index in [1.165, 1.54) is 20.3 Å². The van der Waals surface area contributed by atoms with Crippen LogP contribution in [0.2, 0.25) is 0 Å². The van der Waals surface area contributed by atoms with Crippen LogP contribution in [0.5, 0.6) is 11.5 Å². The van der Waals surface area contributed by atoms with E-state index >= 15 is 0 Å². The van der Waals surface area contributed by atoms with Gasteiger partial charge < -0.3 is 24.7 Å². The first-order chi connectivity index (χ1) is 9.88. The number of methoxy groups -OCH3 is 2. The lowest BCUT2D eigenvalue weighted by Gasteiger charge is -2.21. The second-order valence-electron chi connectivity index (χ2n) is 5.04. The molecule has 1 atom stereocenters. The minimum Gasteiger partial charge on any atom is -0.548 e. The molecule has 6 heteroatoms. The zero-order chi connectivity index (χ0) is 16.0. The van der Waals surface area contributed by atoms with E-state index in [2.05, 4.69) is 5.32 Å². The minimum atomic E-state index is -1.29. The predicted octanol–water partition coefficient (Wildman–Crippen LogP) is 0.598. The molecule has 0 spiro atoms. The second kappa shape index (κ2) is 7.52. The number of ether oxygens (including phenoxy) is 2. The Morgan fingerprint density at radius 1 is 1.19 bits per heavy atom. The van der Waals surface area contributed by atoms with Crippen LogP contribution in [-0.4, -0.2) is 32.1 Å². The summed E-state index contributed by atoms with van der Waals surface area (Å²) in [7, 11) is 2.95. The molecule has 1 amide bonds. The third-order valence-electron chi connectivity index (χ3n) is 2.94. The number of amides is 1. The molecule has 0 aliphatic carbocycles. The molecule has 0 aliphatic rings. The molecule has 0 saturated carbocycles. The summed E-state index contributed by atoms with van der Waals surface area (Å²) in [6.45, 7) is 3.75. The Labute approximate surface area is 124 Å². The molecule has 0 fully saturated rings. The first-order valence-electron chi connectivity index (χ1n) is 6.62. The average Bonchev–Trinajstić information content (AvgIpc) is 2.45.